The number of rotatable bonds is 2. The van der Waals surface area contributed by atoms with E-state index in [2.05, 4.69) is 4.74 Å². The molecule has 11 heavy (non-hydrogen) atoms. The van der Waals surface area contributed by atoms with Crippen LogP contribution >= 0.6 is 11.6 Å². The molecule has 0 aromatic carbocycles. The minimum atomic E-state index is -0.637. The molecule has 0 aromatic heterocycles. The lowest BCUT2D eigenvalue weighted by Crippen LogP contribution is -2.29. The highest BCUT2D eigenvalue weighted by atomic mass is 35.5. The Kier molecular flexibility index (Phi) is 3.15. The summed E-state index contributed by atoms with van der Waals surface area (Å²) in [6, 6.07) is 0. The Bertz CT molecular complexity index is 143. The molecule has 0 amide bonds. The van der Waals surface area contributed by atoms with Crippen LogP contribution in [0.15, 0.2) is 0 Å². The van der Waals surface area contributed by atoms with E-state index in [1.54, 1.807) is 0 Å². The first kappa shape index (κ1) is 8.81. The molecular formula is C7H11ClO3. The van der Waals surface area contributed by atoms with Crippen LogP contribution in [0.25, 0.3) is 0 Å². The van der Waals surface area contributed by atoms with Gasteiger partial charge in [0.2, 0.25) is 0 Å². The number of esters is 1. The third-order valence-corrected chi connectivity index (χ3v) is 2.18. The number of carbonyl (C=O) groups is 1. The summed E-state index contributed by atoms with van der Waals surface area (Å²) in [5, 5.41) is -0.637. The van der Waals surface area contributed by atoms with E-state index in [9.17, 15) is 4.79 Å². The zero-order valence-electron chi connectivity index (χ0n) is 6.38. The van der Waals surface area contributed by atoms with Crippen LogP contribution in [0, 0.1) is 0 Å². The smallest absolute Gasteiger partial charge is 0.326 e. The normalized spacial score (nSPS) is 26.5. The standard InChI is InChI=1S/C7H11ClO3/c1-10-7(9)6(8)5-3-2-4-11-5/h5-6H,2-4H2,1H3. The first-order valence-electron chi connectivity index (χ1n) is 3.59. The molecule has 1 aliphatic rings. The van der Waals surface area contributed by atoms with Gasteiger partial charge in [0, 0.05) is 6.61 Å². The third kappa shape index (κ3) is 2.07. The maximum atomic E-state index is 10.9. The fraction of sp³-hybridized carbons (Fsp3) is 0.857. The van der Waals surface area contributed by atoms with E-state index in [0.717, 1.165) is 12.8 Å². The molecule has 1 rings (SSSR count). The molecule has 0 N–H and O–H groups in total. The van der Waals surface area contributed by atoms with Gasteiger partial charge in [-0.15, -0.1) is 11.6 Å². The Morgan fingerprint density at radius 1 is 1.82 bits per heavy atom. The molecule has 0 saturated carbocycles. The molecule has 0 radical (unpaired) electrons. The maximum Gasteiger partial charge on any atom is 0.326 e. The maximum absolute atomic E-state index is 10.9. The second-order valence-electron chi connectivity index (χ2n) is 2.48. The van der Waals surface area contributed by atoms with Gasteiger partial charge < -0.3 is 9.47 Å². The predicted octanol–water partition coefficient (Wildman–Crippen LogP) is 0.946. The van der Waals surface area contributed by atoms with Crippen molar-refractivity contribution in [2.24, 2.45) is 0 Å². The summed E-state index contributed by atoms with van der Waals surface area (Å²) in [6.07, 6.45) is 1.68. The summed E-state index contributed by atoms with van der Waals surface area (Å²) < 4.78 is 9.68. The molecule has 2 atom stereocenters. The van der Waals surface area contributed by atoms with Crippen LogP contribution in [0.2, 0.25) is 0 Å². The van der Waals surface area contributed by atoms with Crippen LogP contribution in [0.1, 0.15) is 12.8 Å². The molecule has 1 aliphatic heterocycles. The number of ether oxygens (including phenoxy) is 2. The molecular weight excluding hydrogens is 168 g/mol. The molecule has 1 fully saturated rings. The van der Waals surface area contributed by atoms with Gasteiger partial charge >= 0.3 is 5.97 Å². The van der Waals surface area contributed by atoms with Gasteiger partial charge in [-0.05, 0) is 12.8 Å². The number of methoxy groups -OCH3 is 1. The van der Waals surface area contributed by atoms with Gasteiger partial charge in [-0.1, -0.05) is 0 Å². The SMILES string of the molecule is COC(=O)C(Cl)C1CCCO1. The Labute approximate surface area is 70.6 Å². The first-order valence-corrected chi connectivity index (χ1v) is 4.03. The number of alkyl halides is 1. The highest BCUT2D eigenvalue weighted by Gasteiger charge is 2.30. The van der Waals surface area contributed by atoms with Crippen molar-refractivity contribution in [3.63, 3.8) is 0 Å². The van der Waals surface area contributed by atoms with Crippen LogP contribution in [0.5, 0.6) is 0 Å². The third-order valence-electron chi connectivity index (χ3n) is 1.72. The quantitative estimate of drug-likeness (QED) is 0.467. The summed E-state index contributed by atoms with van der Waals surface area (Å²) in [4.78, 5) is 10.9. The van der Waals surface area contributed by atoms with Crippen molar-refractivity contribution in [3.8, 4) is 0 Å². The van der Waals surface area contributed by atoms with Crippen molar-refractivity contribution in [2.75, 3.05) is 13.7 Å². The summed E-state index contributed by atoms with van der Waals surface area (Å²) >= 11 is 5.74. The van der Waals surface area contributed by atoms with Gasteiger partial charge in [0.25, 0.3) is 0 Å². The molecule has 1 heterocycles. The van der Waals surface area contributed by atoms with E-state index in [0.29, 0.717) is 6.61 Å². The summed E-state index contributed by atoms with van der Waals surface area (Å²) in [7, 11) is 1.33. The Morgan fingerprint density at radius 2 is 2.55 bits per heavy atom. The van der Waals surface area contributed by atoms with E-state index in [-0.39, 0.29) is 6.10 Å². The topological polar surface area (TPSA) is 35.5 Å². The van der Waals surface area contributed by atoms with Crippen LogP contribution in [0.4, 0.5) is 0 Å². The highest BCUT2D eigenvalue weighted by Crippen LogP contribution is 2.20. The summed E-state index contributed by atoms with van der Waals surface area (Å²) in [6.45, 7) is 0.699. The largest absolute Gasteiger partial charge is 0.468 e. The van der Waals surface area contributed by atoms with Crippen molar-refractivity contribution in [3.05, 3.63) is 0 Å². The summed E-state index contributed by atoms with van der Waals surface area (Å²) in [5.41, 5.74) is 0. The van der Waals surface area contributed by atoms with Crippen molar-refractivity contribution >= 4 is 17.6 Å². The van der Waals surface area contributed by atoms with Crippen LogP contribution in [0.3, 0.4) is 0 Å². The zero-order valence-corrected chi connectivity index (χ0v) is 7.13. The molecule has 0 bridgehead atoms. The number of halogens is 1. The van der Waals surface area contributed by atoms with Gasteiger partial charge in [-0.3, -0.25) is 4.79 Å². The van der Waals surface area contributed by atoms with E-state index >= 15 is 0 Å². The Balaban J connectivity index is 2.39. The lowest BCUT2D eigenvalue weighted by Gasteiger charge is -2.13. The lowest BCUT2D eigenvalue weighted by molar-refractivity contribution is -0.142. The highest BCUT2D eigenvalue weighted by molar-refractivity contribution is 6.30. The summed E-state index contributed by atoms with van der Waals surface area (Å²) in [5.74, 6) is -0.404. The number of hydrogen-bond donors (Lipinski definition) is 0. The average molecular weight is 179 g/mol. The monoisotopic (exact) mass is 178 g/mol. The molecule has 0 spiro atoms. The predicted molar refractivity (Wildman–Crippen MR) is 40.6 cm³/mol. The van der Waals surface area contributed by atoms with Crippen LogP contribution < -0.4 is 0 Å². The zero-order chi connectivity index (χ0) is 8.27. The number of hydrogen-bond acceptors (Lipinski definition) is 3. The van der Waals surface area contributed by atoms with Gasteiger partial charge in [-0.2, -0.15) is 0 Å². The van der Waals surface area contributed by atoms with Crippen LogP contribution in [-0.4, -0.2) is 31.2 Å². The van der Waals surface area contributed by atoms with Gasteiger partial charge in [0.15, 0.2) is 5.38 Å². The molecule has 1 saturated heterocycles. The molecule has 2 unspecified atom stereocenters. The average Bonchev–Trinajstić information content (AvgIpc) is 2.53. The molecule has 4 heteroatoms. The molecule has 0 aromatic rings. The minimum absolute atomic E-state index is 0.149. The van der Waals surface area contributed by atoms with Gasteiger partial charge in [0.1, 0.15) is 0 Å². The fourth-order valence-electron chi connectivity index (χ4n) is 1.10. The van der Waals surface area contributed by atoms with Gasteiger partial charge in [-0.25, -0.2) is 0 Å². The number of carbonyl (C=O) groups excluding carboxylic acids is 1. The van der Waals surface area contributed by atoms with E-state index in [1.807, 2.05) is 0 Å². The Hall–Kier alpha value is -0.280. The minimum Gasteiger partial charge on any atom is -0.468 e. The molecule has 64 valence electrons. The fourth-order valence-corrected chi connectivity index (χ4v) is 1.39. The van der Waals surface area contributed by atoms with E-state index < -0.39 is 11.3 Å². The Morgan fingerprint density at radius 3 is 3.00 bits per heavy atom. The van der Waals surface area contributed by atoms with Crippen molar-refractivity contribution in [1.82, 2.24) is 0 Å². The lowest BCUT2D eigenvalue weighted by atomic mass is 10.2. The van der Waals surface area contributed by atoms with E-state index in [1.165, 1.54) is 7.11 Å². The van der Waals surface area contributed by atoms with Crippen LogP contribution in [-0.2, 0) is 14.3 Å². The molecule has 0 aliphatic carbocycles. The van der Waals surface area contributed by atoms with E-state index in [4.69, 9.17) is 16.3 Å². The molecule has 3 nitrogen and oxygen atoms in total. The van der Waals surface area contributed by atoms with Crippen molar-refractivity contribution in [1.29, 1.82) is 0 Å². The van der Waals surface area contributed by atoms with Gasteiger partial charge in [0.05, 0.1) is 13.2 Å². The first-order chi connectivity index (χ1) is 5.25. The van der Waals surface area contributed by atoms with Crippen molar-refractivity contribution in [2.45, 2.75) is 24.3 Å². The second kappa shape index (κ2) is 3.93. The second-order valence-corrected chi connectivity index (χ2v) is 2.95. The van der Waals surface area contributed by atoms with Crippen molar-refractivity contribution < 1.29 is 14.3 Å².